The smallest absolute Gasteiger partial charge is 0.381 e. The van der Waals surface area contributed by atoms with Crippen molar-refractivity contribution in [2.24, 2.45) is 0 Å². The molecule has 0 radical (unpaired) electrons. The van der Waals surface area contributed by atoms with Crippen molar-refractivity contribution in [1.82, 2.24) is 4.98 Å². The molecule has 1 aromatic carbocycles. The van der Waals surface area contributed by atoms with Crippen LogP contribution in [0.15, 0.2) is 30.3 Å². The monoisotopic (exact) mass is 245 g/mol. The minimum absolute atomic E-state index is 0.255. The predicted molar refractivity (Wildman–Crippen MR) is 68.5 cm³/mol. The Morgan fingerprint density at radius 2 is 1.83 bits per heavy atom. The SMILES string of the molecule is CC(C)(C)OC(=O)C(=O)c1cc2ccccc2[nH]1. The van der Waals surface area contributed by atoms with Crippen LogP contribution in [0.5, 0.6) is 0 Å². The van der Waals surface area contributed by atoms with E-state index in [0.717, 1.165) is 10.9 Å². The molecule has 2 rings (SSSR count). The Morgan fingerprint density at radius 1 is 1.17 bits per heavy atom. The lowest BCUT2D eigenvalue weighted by atomic mass is 10.2. The number of H-pyrrole nitrogens is 1. The second-order valence-corrected chi connectivity index (χ2v) is 5.10. The molecule has 0 unspecified atom stereocenters. The van der Waals surface area contributed by atoms with Gasteiger partial charge >= 0.3 is 5.97 Å². The Balaban J connectivity index is 2.26. The van der Waals surface area contributed by atoms with Gasteiger partial charge < -0.3 is 9.72 Å². The number of Topliss-reactive ketones (excluding diaryl/α,β-unsaturated/α-hetero) is 1. The average Bonchev–Trinajstić information content (AvgIpc) is 2.68. The first-order chi connectivity index (χ1) is 8.37. The number of hydrogen-bond acceptors (Lipinski definition) is 3. The van der Waals surface area contributed by atoms with Crippen molar-refractivity contribution in [2.75, 3.05) is 0 Å². The van der Waals surface area contributed by atoms with Gasteiger partial charge in [0.2, 0.25) is 0 Å². The number of rotatable bonds is 2. The summed E-state index contributed by atoms with van der Waals surface area (Å²) in [4.78, 5) is 26.4. The molecule has 0 aliphatic rings. The summed E-state index contributed by atoms with van der Waals surface area (Å²) in [7, 11) is 0. The maximum absolute atomic E-state index is 11.9. The number of para-hydroxylation sites is 1. The van der Waals surface area contributed by atoms with Crippen molar-refractivity contribution in [1.29, 1.82) is 0 Å². The molecule has 1 heterocycles. The maximum Gasteiger partial charge on any atom is 0.381 e. The topological polar surface area (TPSA) is 59.2 Å². The van der Waals surface area contributed by atoms with Crippen LogP contribution in [0.2, 0.25) is 0 Å². The standard InChI is InChI=1S/C14H15NO3/c1-14(2,3)18-13(17)12(16)11-8-9-6-4-5-7-10(9)15-11/h4-8,15H,1-3H3. The van der Waals surface area contributed by atoms with Crippen molar-refractivity contribution < 1.29 is 14.3 Å². The van der Waals surface area contributed by atoms with E-state index in [-0.39, 0.29) is 5.69 Å². The fourth-order valence-corrected chi connectivity index (χ4v) is 1.63. The van der Waals surface area contributed by atoms with E-state index in [1.807, 2.05) is 24.3 Å². The number of fused-ring (bicyclic) bond motifs is 1. The van der Waals surface area contributed by atoms with Crippen molar-refractivity contribution in [2.45, 2.75) is 26.4 Å². The van der Waals surface area contributed by atoms with Gasteiger partial charge in [0.05, 0.1) is 5.69 Å². The molecule has 2 aromatic rings. The molecule has 0 saturated carbocycles. The molecule has 0 bridgehead atoms. The summed E-state index contributed by atoms with van der Waals surface area (Å²) in [5.41, 5.74) is 0.411. The van der Waals surface area contributed by atoms with Gasteiger partial charge in [0, 0.05) is 10.9 Å². The molecule has 18 heavy (non-hydrogen) atoms. The second-order valence-electron chi connectivity index (χ2n) is 5.10. The Kier molecular flexibility index (Phi) is 2.95. The third-order valence-corrected chi connectivity index (χ3v) is 2.36. The van der Waals surface area contributed by atoms with Crippen molar-refractivity contribution in [3.05, 3.63) is 36.0 Å². The quantitative estimate of drug-likeness (QED) is 0.502. The summed E-state index contributed by atoms with van der Waals surface area (Å²) < 4.78 is 5.04. The zero-order chi connectivity index (χ0) is 13.3. The fourth-order valence-electron chi connectivity index (χ4n) is 1.63. The minimum atomic E-state index is -0.839. The third kappa shape index (κ3) is 2.59. The Bertz CT molecular complexity index is 572. The zero-order valence-electron chi connectivity index (χ0n) is 10.6. The normalized spacial score (nSPS) is 11.5. The summed E-state index contributed by atoms with van der Waals surface area (Å²) in [6.07, 6.45) is 0. The second kappa shape index (κ2) is 4.29. The van der Waals surface area contributed by atoms with E-state index in [4.69, 9.17) is 4.74 Å². The molecular weight excluding hydrogens is 230 g/mol. The summed E-state index contributed by atoms with van der Waals surface area (Å²) in [5.74, 6) is -1.49. The van der Waals surface area contributed by atoms with E-state index in [1.165, 1.54) is 0 Å². The number of carbonyl (C=O) groups is 2. The number of ketones is 1. The molecule has 4 heteroatoms. The number of esters is 1. The molecule has 0 aliphatic heterocycles. The molecular formula is C14H15NO3. The number of aromatic nitrogens is 1. The lowest BCUT2D eigenvalue weighted by molar-refractivity contribution is -0.148. The summed E-state index contributed by atoms with van der Waals surface area (Å²) in [6.45, 7) is 5.18. The highest BCUT2D eigenvalue weighted by Gasteiger charge is 2.25. The predicted octanol–water partition coefficient (Wildman–Crippen LogP) is 2.69. The highest BCUT2D eigenvalue weighted by Crippen LogP contribution is 2.16. The van der Waals surface area contributed by atoms with Crippen LogP contribution in [0, 0.1) is 0 Å². The first kappa shape index (κ1) is 12.4. The fraction of sp³-hybridized carbons (Fsp3) is 0.286. The molecule has 94 valence electrons. The van der Waals surface area contributed by atoms with Crippen molar-refractivity contribution in [3.8, 4) is 0 Å². The lowest BCUT2D eigenvalue weighted by Gasteiger charge is -2.18. The van der Waals surface area contributed by atoms with E-state index >= 15 is 0 Å². The third-order valence-electron chi connectivity index (χ3n) is 2.36. The van der Waals surface area contributed by atoms with Gasteiger partial charge in [-0.25, -0.2) is 4.79 Å². The van der Waals surface area contributed by atoms with Crippen molar-refractivity contribution in [3.63, 3.8) is 0 Å². The number of ether oxygens (including phenoxy) is 1. The van der Waals surface area contributed by atoms with Crippen LogP contribution in [0.4, 0.5) is 0 Å². The summed E-state index contributed by atoms with van der Waals surface area (Å²) in [6, 6.07) is 9.11. The number of benzene rings is 1. The van der Waals surface area contributed by atoms with Crippen LogP contribution in [0.1, 0.15) is 31.3 Å². The van der Waals surface area contributed by atoms with E-state index < -0.39 is 17.4 Å². The van der Waals surface area contributed by atoms with Crippen LogP contribution in [0.3, 0.4) is 0 Å². The number of nitrogens with one attached hydrogen (secondary N) is 1. The summed E-state index contributed by atoms with van der Waals surface area (Å²) >= 11 is 0. The van der Waals surface area contributed by atoms with Gasteiger partial charge in [-0.05, 0) is 32.9 Å². The van der Waals surface area contributed by atoms with Crippen LogP contribution in [-0.4, -0.2) is 22.3 Å². The van der Waals surface area contributed by atoms with E-state index in [9.17, 15) is 9.59 Å². The van der Waals surface area contributed by atoms with Crippen LogP contribution in [-0.2, 0) is 9.53 Å². The van der Waals surface area contributed by atoms with Crippen LogP contribution < -0.4 is 0 Å². The molecule has 0 aliphatic carbocycles. The van der Waals surface area contributed by atoms with Gasteiger partial charge in [-0.1, -0.05) is 18.2 Å². The van der Waals surface area contributed by atoms with E-state index in [2.05, 4.69) is 4.98 Å². The molecule has 1 N–H and O–H groups in total. The highest BCUT2D eigenvalue weighted by molar-refractivity contribution is 6.40. The van der Waals surface area contributed by atoms with Gasteiger partial charge in [-0.15, -0.1) is 0 Å². The molecule has 0 fully saturated rings. The summed E-state index contributed by atoms with van der Waals surface area (Å²) in [5, 5.41) is 0.893. The molecule has 0 spiro atoms. The Labute approximate surface area is 105 Å². The minimum Gasteiger partial charge on any atom is -0.454 e. The number of aromatic amines is 1. The molecule has 0 amide bonds. The largest absolute Gasteiger partial charge is 0.454 e. The van der Waals surface area contributed by atoms with E-state index in [0.29, 0.717) is 0 Å². The number of hydrogen-bond donors (Lipinski definition) is 1. The first-order valence-electron chi connectivity index (χ1n) is 5.72. The zero-order valence-corrected chi connectivity index (χ0v) is 10.6. The Hall–Kier alpha value is -2.10. The maximum atomic E-state index is 11.9. The van der Waals surface area contributed by atoms with Gasteiger partial charge in [0.1, 0.15) is 5.60 Å². The van der Waals surface area contributed by atoms with Crippen LogP contribution in [0.25, 0.3) is 10.9 Å². The van der Waals surface area contributed by atoms with Crippen LogP contribution >= 0.6 is 0 Å². The average molecular weight is 245 g/mol. The number of carbonyl (C=O) groups excluding carboxylic acids is 2. The molecule has 4 nitrogen and oxygen atoms in total. The highest BCUT2D eigenvalue weighted by atomic mass is 16.6. The van der Waals surface area contributed by atoms with Crippen molar-refractivity contribution >= 4 is 22.7 Å². The molecule has 0 atom stereocenters. The van der Waals surface area contributed by atoms with Gasteiger partial charge in [0.15, 0.2) is 0 Å². The molecule has 0 saturated heterocycles. The van der Waals surface area contributed by atoms with Gasteiger partial charge in [-0.3, -0.25) is 4.79 Å². The lowest BCUT2D eigenvalue weighted by Crippen LogP contribution is -2.29. The molecule has 1 aromatic heterocycles. The Morgan fingerprint density at radius 3 is 2.44 bits per heavy atom. The van der Waals surface area contributed by atoms with Gasteiger partial charge in [-0.2, -0.15) is 0 Å². The van der Waals surface area contributed by atoms with Gasteiger partial charge in [0.25, 0.3) is 5.78 Å². The first-order valence-corrected chi connectivity index (χ1v) is 5.72. The van der Waals surface area contributed by atoms with E-state index in [1.54, 1.807) is 26.8 Å².